The summed E-state index contributed by atoms with van der Waals surface area (Å²) in [6.45, 7) is 5.04. The monoisotopic (exact) mass is 393 g/mol. The van der Waals surface area contributed by atoms with Gasteiger partial charge in [-0.2, -0.15) is 4.31 Å². The third-order valence-electron chi connectivity index (χ3n) is 5.84. The summed E-state index contributed by atoms with van der Waals surface area (Å²) in [4.78, 5) is 15.1. The summed E-state index contributed by atoms with van der Waals surface area (Å²) in [5, 5.41) is 3.04. The van der Waals surface area contributed by atoms with Crippen molar-refractivity contribution in [2.45, 2.75) is 57.7 Å². The van der Waals surface area contributed by atoms with Crippen LogP contribution in [0.4, 0.5) is 0 Å². The Balaban J connectivity index is 1.60. The fourth-order valence-corrected chi connectivity index (χ4v) is 5.39. The molecule has 1 amide bonds. The van der Waals surface area contributed by atoms with Crippen LogP contribution >= 0.6 is 0 Å². The molecule has 1 saturated heterocycles. The van der Waals surface area contributed by atoms with Gasteiger partial charge < -0.3 is 5.32 Å². The molecule has 0 spiro atoms. The Morgan fingerprint density at radius 3 is 2.67 bits per heavy atom. The standard InChI is InChI=1S/C20H31N3O3S/c1-3-18(22-13-11-16-8-4-5-9-17(16)15-22)14-21-20(24)19-10-6-7-12-23(19)27(2,25)26/h4-5,8-9,18-19H,3,6-7,10-15H2,1-2H3,(H,21,24)/t18-,19-/m0/s1. The van der Waals surface area contributed by atoms with E-state index < -0.39 is 16.1 Å². The van der Waals surface area contributed by atoms with Crippen molar-refractivity contribution in [1.82, 2.24) is 14.5 Å². The molecule has 2 atom stereocenters. The first-order valence-electron chi connectivity index (χ1n) is 9.95. The summed E-state index contributed by atoms with van der Waals surface area (Å²) in [7, 11) is -3.36. The van der Waals surface area contributed by atoms with Gasteiger partial charge in [-0.1, -0.05) is 37.6 Å². The van der Waals surface area contributed by atoms with Crippen LogP contribution in [0.5, 0.6) is 0 Å². The van der Waals surface area contributed by atoms with Gasteiger partial charge in [0, 0.05) is 32.2 Å². The first-order valence-corrected chi connectivity index (χ1v) is 11.8. The van der Waals surface area contributed by atoms with Crippen molar-refractivity contribution in [2.24, 2.45) is 0 Å². The van der Waals surface area contributed by atoms with Gasteiger partial charge in [0.25, 0.3) is 0 Å². The molecule has 6 nitrogen and oxygen atoms in total. The first-order chi connectivity index (χ1) is 12.9. The smallest absolute Gasteiger partial charge is 0.238 e. The van der Waals surface area contributed by atoms with Crippen LogP contribution in [0.2, 0.25) is 0 Å². The Hall–Kier alpha value is -1.44. The van der Waals surface area contributed by atoms with Gasteiger partial charge in [0.15, 0.2) is 0 Å². The molecule has 0 saturated carbocycles. The maximum absolute atomic E-state index is 12.7. The topological polar surface area (TPSA) is 69.7 Å². The molecule has 1 N–H and O–H groups in total. The van der Waals surface area contributed by atoms with Gasteiger partial charge in [-0.25, -0.2) is 8.42 Å². The zero-order chi connectivity index (χ0) is 19.4. The quantitative estimate of drug-likeness (QED) is 0.799. The molecule has 150 valence electrons. The molecule has 2 heterocycles. The van der Waals surface area contributed by atoms with Gasteiger partial charge >= 0.3 is 0 Å². The van der Waals surface area contributed by atoms with E-state index in [-0.39, 0.29) is 11.9 Å². The van der Waals surface area contributed by atoms with E-state index in [0.29, 0.717) is 19.5 Å². The van der Waals surface area contributed by atoms with Gasteiger partial charge in [-0.15, -0.1) is 0 Å². The first kappa shape index (κ1) is 20.3. The second-order valence-electron chi connectivity index (χ2n) is 7.68. The maximum Gasteiger partial charge on any atom is 0.238 e. The number of hydrogen-bond donors (Lipinski definition) is 1. The van der Waals surface area contributed by atoms with E-state index in [1.807, 2.05) is 0 Å². The van der Waals surface area contributed by atoms with Gasteiger partial charge in [0.05, 0.1) is 6.26 Å². The predicted octanol–water partition coefficient (Wildman–Crippen LogP) is 1.75. The number of benzene rings is 1. The lowest BCUT2D eigenvalue weighted by Gasteiger charge is -2.36. The molecule has 1 aromatic carbocycles. The van der Waals surface area contributed by atoms with Crippen LogP contribution in [-0.2, 0) is 27.8 Å². The van der Waals surface area contributed by atoms with E-state index in [4.69, 9.17) is 0 Å². The van der Waals surface area contributed by atoms with Crippen molar-refractivity contribution in [2.75, 3.05) is 25.9 Å². The molecule has 1 fully saturated rings. The number of hydrogen-bond acceptors (Lipinski definition) is 4. The van der Waals surface area contributed by atoms with Crippen molar-refractivity contribution >= 4 is 15.9 Å². The Kier molecular flexibility index (Phi) is 6.55. The van der Waals surface area contributed by atoms with Crippen molar-refractivity contribution in [1.29, 1.82) is 0 Å². The Morgan fingerprint density at radius 1 is 1.22 bits per heavy atom. The number of sulfonamides is 1. The lowest BCUT2D eigenvalue weighted by atomic mass is 9.98. The van der Waals surface area contributed by atoms with E-state index >= 15 is 0 Å². The Bertz CT molecular complexity index is 765. The third-order valence-corrected chi connectivity index (χ3v) is 7.13. The number of piperidine rings is 1. The van der Waals surface area contributed by atoms with Crippen molar-refractivity contribution < 1.29 is 13.2 Å². The van der Waals surface area contributed by atoms with E-state index in [1.165, 1.54) is 21.7 Å². The summed E-state index contributed by atoms with van der Waals surface area (Å²) < 4.78 is 25.4. The molecule has 0 aromatic heterocycles. The fraction of sp³-hybridized carbons (Fsp3) is 0.650. The van der Waals surface area contributed by atoms with Crippen LogP contribution < -0.4 is 5.32 Å². The summed E-state index contributed by atoms with van der Waals surface area (Å²) in [6, 6.07) is 8.24. The predicted molar refractivity (Wildman–Crippen MR) is 107 cm³/mol. The summed E-state index contributed by atoms with van der Waals surface area (Å²) in [5.41, 5.74) is 2.78. The van der Waals surface area contributed by atoms with Crippen LogP contribution in [0.25, 0.3) is 0 Å². The minimum absolute atomic E-state index is 0.156. The number of nitrogens with one attached hydrogen (secondary N) is 1. The minimum atomic E-state index is -3.36. The van der Waals surface area contributed by atoms with Gasteiger partial charge in [-0.3, -0.25) is 9.69 Å². The molecule has 0 bridgehead atoms. The molecule has 0 unspecified atom stereocenters. The SMILES string of the molecule is CC[C@@H](CNC(=O)[C@@H]1CCCCN1S(C)(=O)=O)N1CCc2ccccc2C1. The van der Waals surface area contributed by atoms with Gasteiger partial charge in [0.1, 0.15) is 6.04 Å². The Morgan fingerprint density at radius 2 is 1.96 bits per heavy atom. The second kappa shape index (κ2) is 8.71. The Labute approximate surface area is 163 Å². The summed E-state index contributed by atoms with van der Waals surface area (Å²) in [5.74, 6) is -0.156. The van der Waals surface area contributed by atoms with E-state index in [1.54, 1.807) is 0 Å². The van der Waals surface area contributed by atoms with Crippen LogP contribution in [0.15, 0.2) is 24.3 Å². The van der Waals surface area contributed by atoms with Crippen LogP contribution in [0.3, 0.4) is 0 Å². The number of rotatable bonds is 6. The zero-order valence-electron chi connectivity index (χ0n) is 16.4. The van der Waals surface area contributed by atoms with E-state index in [9.17, 15) is 13.2 Å². The zero-order valence-corrected chi connectivity index (χ0v) is 17.2. The number of amides is 1. The molecular formula is C20H31N3O3S. The second-order valence-corrected chi connectivity index (χ2v) is 9.62. The van der Waals surface area contributed by atoms with Crippen molar-refractivity contribution in [3.05, 3.63) is 35.4 Å². The van der Waals surface area contributed by atoms with Crippen molar-refractivity contribution in [3.63, 3.8) is 0 Å². The van der Waals surface area contributed by atoms with Gasteiger partial charge in [-0.05, 0) is 36.8 Å². The maximum atomic E-state index is 12.7. The van der Waals surface area contributed by atoms with Crippen molar-refractivity contribution in [3.8, 4) is 0 Å². The molecule has 0 aliphatic carbocycles. The number of nitrogens with zero attached hydrogens (tertiary/aromatic N) is 2. The largest absolute Gasteiger partial charge is 0.353 e. The highest BCUT2D eigenvalue weighted by Gasteiger charge is 2.34. The minimum Gasteiger partial charge on any atom is -0.353 e. The molecule has 1 aromatic rings. The highest BCUT2D eigenvalue weighted by atomic mass is 32.2. The molecule has 3 rings (SSSR count). The molecule has 0 radical (unpaired) electrons. The molecular weight excluding hydrogens is 362 g/mol. The number of carbonyl (C=O) groups excluding carboxylic acids is 1. The lowest BCUT2D eigenvalue weighted by Crippen LogP contribution is -2.54. The highest BCUT2D eigenvalue weighted by Crippen LogP contribution is 2.22. The average Bonchev–Trinajstić information content (AvgIpc) is 2.67. The average molecular weight is 394 g/mol. The summed E-state index contributed by atoms with van der Waals surface area (Å²) in [6.07, 6.45) is 5.49. The number of carbonyl (C=O) groups is 1. The number of fused-ring (bicyclic) bond motifs is 1. The van der Waals surface area contributed by atoms with Crippen LogP contribution in [-0.4, -0.2) is 61.5 Å². The molecule has 27 heavy (non-hydrogen) atoms. The van der Waals surface area contributed by atoms with E-state index in [0.717, 1.165) is 38.8 Å². The van der Waals surface area contributed by atoms with E-state index in [2.05, 4.69) is 41.4 Å². The van der Waals surface area contributed by atoms with Crippen LogP contribution in [0.1, 0.15) is 43.7 Å². The molecule has 2 aliphatic rings. The fourth-order valence-electron chi connectivity index (χ4n) is 4.26. The summed E-state index contributed by atoms with van der Waals surface area (Å²) >= 11 is 0. The van der Waals surface area contributed by atoms with Gasteiger partial charge in [0.2, 0.25) is 15.9 Å². The van der Waals surface area contributed by atoms with Crippen LogP contribution in [0, 0.1) is 0 Å². The third kappa shape index (κ3) is 4.89. The highest BCUT2D eigenvalue weighted by molar-refractivity contribution is 7.88. The molecule has 7 heteroatoms. The lowest BCUT2D eigenvalue weighted by molar-refractivity contribution is -0.126. The molecule has 2 aliphatic heterocycles. The normalized spacial score (nSPS) is 22.8.